The molecule has 2 amide bonds. The van der Waals surface area contributed by atoms with Gasteiger partial charge in [0.05, 0.1) is 17.6 Å². The average Bonchev–Trinajstić information content (AvgIpc) is 3.25. The summed E-state index contributed by atoms with van der Waals surface area (Å²) < 4.78 is 7.23. The van der Waals surface area contributed by atoms with Gasteiger partial charge in [0.1, 0.15) is 5.76 Å². The van der Waals surface area contributed by atoms with E-state index < -0.39 is 5.91 Å². The molecule has 0 fully saturated rings. The Balaban J connectivity index is 1.65. The molecule has 0 aliphatic carbocycles. The molecule has 2 heterocycles. The van der Waals surface area contributed by atoms with E-state index >= 15 is 0 Å². The molecule has 0 atom stereocenters. The molecule has 2 aromatic heterocycles. The molecule has 3 rings (SSSR count). The number of carbonyl (C=O) groups is 2. The molecule has 134 valence electrons. The van der Waals surface area contributed by atoms with Crippen LogP contribution in [0.15, 0.2) is 52.2 Å². The number of aryl methyl sites for hydroxylation is 1. The Morgan fingerprint density at radius 3 is 2.62 bits per heavy atom. The van der Waals surface area contributed by atoms with Crippen molar-refractivity contribution >= 4 is 23.6 Å². The number of carbonyl (C=O) groups excluding carboxylic acids is 2. The predicted molar refractivity (Wildman–Crippen MR) is 97.8 cm³/mol. The average molecular weight is 370 g/mol. The second-order valence-corrected chi connectivity index (χ2v) is 6.42. The van der Waals surface area contributed by atoms with Crippen molar-refractivity contribution in [3.05, 3.63) is 54.0 Å². The minimum absolute atomic E-state index is 0.0705. The first-order valence-corrected chi connectivity index (χ1v) is 9.08. The molecule has 7 nitrogen and oxygen atoms in total. The predicted octanol–water partition coefficient (Wildman–Crippen LogP) is 2.92. The highest BCUT2D eigenvalue weighted by atomic mass is 32.2. The summed E-state index contributed by atoms with van der Waals surface area (Å²) in [7, 11) is 0. The van der Waals surface area contributed by atoms with Crippen LogP contribution in [0.1, 0.15) is 23.0 Å². The van der Waals surface area contributed by atoms with E-state index in [-0.39, 0.29) is 11.7 Å². The van der Waals surface area contributed by atoms with Crippen molar-refractivity contribution in [1.82, 2.24) is 20.1 Å². The van der Waals surface area contributed by atoms with E-state index in [9.17, 15) is 9.59 Å². The molecule has 0 aliphatic rings. The van der Waals surface area contributed by atoms with Crippen molar-refractivity contribution in [2.24, 2.45) is 0 Å². The van der Waals surface area contributed by atoms with E-state index in [4.69, 9.17) is 4.42 Å². The standard InChI is InChI=1S/C18H18N4O3S/c1-3-22-16(14-9-10-25-12(14)2)20-21-18(22)26-11-15(23)19-17(24)13-7-5-4-6-8-13/h4-10H,3,11H2,1-2H3,(H,19,23,24). The first-order chi connectivity index (χ1) is 12.6. The highest BCUT2D eigenvalue weighted by Crippen LogP contribution is 2.26. The van der Waals surface area contributed by atoms with Crippen molar-refractivity contribution in [2.45, 2.75) is 25.5 Å². The molecule has 0 aliphatic heterocycles. The lowest BCUT2D eigenvalue weighted by Gasteiger charge is -2.07. The van der Waals surface area contributed by atoms with Crippen LogP contribution in [0, 0.1) is 6.92 Å². The molecular weight excluding hydrogens is 352 g/mol. The fourth-order valence-corrected chi connectivity index (χ4v) is 3.25. The van der Waals surface area contributed by atoms with E-state index in [1.165, 1.54) is 11.8 Å². The summed E-state index contributed by atoms with van der Waals surface area (Å²) in [5.74, 6) is 0.733. The van der Waals surface area contributed by atoms with Gasteiger partial charge >= 0.3 is 0 Å². The third-order valence-electron chi connectivity index (χ3n) is 3.75. The van der Waals surface area contributed by atoms with Crippen molar-refractivity contribution in [1.29, 1.82) is 0 Å². The fraction of sp³-hybridized carbons (Fsp3) is 0.222. The first kappa shape index (κ1) is 17.9. The largest absolute Gasteiger partial charge is 0.469 e. The molecule has 3 aromatic rings. The Labute approximate surface area is 154 Å². The van der Waals surface area contributed by atoms with Gasteiger partial charge in [-0.2, -0.15) is 0 Å². The number of hydrogen-bond acceptors (Lipinski definition) is 6. The Bertz CT molecular complexity index is 918. The van der Waals surface area contributed by atoms with Crippen LogP contribution in [-0.2, 0) is 11.3 Å². The maximum atomic E-state index is 12.1. The fourth-order valence-electron chi connectivity index (χ4n) is 2.45. The monoisotopic (exact) mass is 370 g/mol. The van der Waals surface area contributed by atoms with Crippen LogP contribution in [0.4, 0.5) is 0 Å². The summed E-state index contributed by atoms with van der Waals surface area (Å²) in [4.78, 5) is 24.1. The zero-order valence-electron chi connectivity index (χ0n) is 14.4. The second kappa shape index (κ2) is 8.01. The van der Waals surface area contributed by atoms with Crippen LogP contribution in [0.3, 0.4) is 0 Å². The lowest BCUT2D eigenvalue weighted by Crippen LogP contribution is -2.31. The van der Waals surface area contributed by atoms with E-state index in [0.717, 1.165) is 11.3 Å². The third kappa shape index (κ3) is 3.85. The van der Waals surface area contributed by atoms with Gasteiger partial charge in [-0.25, -0.2) is 0 Å². The van der Waals surface area contributed by atoms with Crippen LogP contribution < -0.4 is 5.32 Å². The summed E-state index contributed by atoms with van der Waals surface area (Å²) in [6.07, 6.45) is 1.61. The number of imide groups is 1. The maximum absolute atomic E-state index is 12.1. The van der Waals surface area contributed by atoms with Gasteiger partial charge in [0.2, 0.25) is 5.91 Å². The highest BCUT2D eigenvalue weighted by molar-refractivity contribution is 7.99. The second-order valence-electron chi connectivity index (χ2n) is 5.47. The van der Waals surface area contributed by atoms with Crippen LogP contribution in [-0.4, -0.2) is 32.3 Å². The Morgan fingerprint density at radius 1 is 1.19 bits per heavy atom. The zero-order valence-corrected chi connectivity index (χ0v) is 15.2. The summed E-state index contributed by atoms with van der Waals surface area (Å²) >= 11 is 1.24. The lowest BCUT2D eigenvalue weighted by atomic mass is 10.2. The molecule has 26 heavy (non-hydrogen) atoms. The Kier molecular flexibility index (Phi) is 5.52. The van der Waals surface area contributed by atoms with Crippen molar-refractivity contribution < 1.29 is 14.0 Å². The quantitative estimate of drug-likeness (QED) is 0.671. The van der Waals surface area contributed by atoms with Gasteiger partial charge in [0.15, 0.2) is 11.0 Å². The zero-order chi connectivity index (χ0) is 18.5. The van der Waals surface area contributed by atoms with Gasteiger partial charge in [-0.1, -0.05) is 30.0 Å². The molecule has 0 unspecified atom stereocenters. The summed E-state index contributed by atoms with van der Waals surface area (Å²) in [5, 5.41) is 11.4. The number of rotatable bonds is 6. The van der Waals surface area contributed by atoms with Gasteiger partial charge in [0.25, 0.3) is 5.91 Å². The van der Waals surface area contributed by atoms with Crippen LogP contribution in [0.5, 0.6) is 0 Å². The number of furan rings is 1. The summed E-state index contributed by atoms with van der Waals surface area (Å²) in [5.41, 5.74) is 1.32. The number of nitrogens with one attached hydrogen (secondary N) is 1. The van der Waals surface area contributed by atoms with Gasteiger partial charge in [-0.05, 0) is 32.0 Å². The Morgan fingerprint density at radius 2 is 1.96 bits per heavy atom. The molecule has 8 heteroatoms. The molecule has 0 saturated heterocycles. The van der Waals surface area contributed by atoms with Crippen LogP contribution in [0.25, 0.3) is 11.4 Å². The van der Waals surface area contributed by atoms with Crippen LogP contribution in [0.2, 0.25) is 0 Å². The van der Waals surface area contributed by atoms with E-state index in [1.807, 2.05) is 30.5 Å². The number of thioether (sulfide) groups is 1. The molecule has 0 bridgehead atoms. The number of hydrogen-bond donors (Lipinski definition) is 1. The van der Waals surface area contributed by atoms with Crippen LogP contribution >= 0.6 is 11.8 Å². The SMILES string of the molecule is CCn1c(SCC(=O)NC(=O)c2ccccc2)nnc1-c1ccoc1C. The van der Waals surface area contributed by atoms with E-state index in [0.29, 0.717) is 23.1 Å². The minimum atomic E-state index is -0.414. The highest BCUT2D eigenvalue weighted by Gasteiger charge is 2.18. The first-order valence-electron chi connectivity index (χ1n) is 8.09. The number of nitrogens with zero attached hydrogens (tertiary/aromatic N) is 3. The van der Waals surface area contributed by atoms with Crippen molar-refractivity contribution in [3.63, 3.8) is 0 Å². The van der Waals surface area contributed by atoms with Crippen molar-refractivity contribution in [2.75, 3.05) is 5.75 Å². The number of amides is 2. The topological polar surface area (TPSA) is 90.0 Å². The van der Waals surface area contributed by atoms with Gasteiger partial charge < -0.3 is 8.98 Å². The minimum Gasteiger partial charge on any atom is -0.469 e. The van der Waals surface area contributed by atoms with Gasteiger partial charge in [0, 0.05) is 12.1 Å². The van der Waals surface area contributed by atoms with Gasteiger partial charge in [-0.3, -0.25) is 14.9 Å². The molecular formula is C18H18N4O3S. The number of aromatic nitrogens is 3. The molecule has 0 saturated carbocycles. The third-order valence-corrected chi connectivity index (χ3v) is 4.72. The van der Waals surface area contributed by atoms with E-state index in [2.05, 4.69) is 15.5 Å². The normalized spacial score (nSPS) is 10.7. The maximum Gasteiger partial charge on any atom is 0.257 e. The smallest absolute Gasteiger partial charge is 0.257 e. The Hall–Kier alpha value is -2.87. The van der Waals surface area contributed by atoms with E-state index in [1.54, 1.807) is 30.5 Å². The molecule has 0 spiro atoms. The molecule has 1 N–H and O–H groups in total. The van der Waals surface area contributed by atoms with Gasteiger partial charge in [-0.15, -0.1) is 10.2 Å². The molecule has 0 radical (unpaired) electrons. The number of benzene rings is 1. The van der Waals surface area contributed by atoms with Crippen molar-refractivity contribution in [3.8, 4) is 11.4 Å². The lowest BCUT2D eigenvalue weighted by molar-refractivity contribution is -0.117. The summed E-state index contributed by atoms with van der Waals surface area (Å²) in [6, 6.07) is 10.5. The summed E-state index contributed by atoms with van der Waals surface area (Å²) in [6.45, 7) is 4.49. The molecule has 1 aromatic carbocycles.